The van der Waals surface area contributed by atoms with Crippen molar-refractivity contribution in [3.8, 4) is 0 Å². The van der Waals surface area contributed by atoms with Crippen molar-refractivity contribution < 1.29 is 4.74 Å². The number of likely N-dealkylation sites (tertiary alicyclic amines) is 1. The van der Waals surface area contributed by atoms with Crippen LogP contribution < -0.4 is 0 Å². The van der Waals surface area contributed by atoms with Crippen molar-refractivity contribution >= 4 is 11.3 Å². The number of aromatic nitrogens is 1. The minimum Gasteiger partial charge on any atom is -0.372 e. The summed E-state index contributed by atoms with van der Waals surface area (Å²) in [5.41, 5.74) is 2.86. The Morgan fingerprint density at radius 1 is 1.36 bits per heavy atom. The van der Waals surface area contributed by atoms with Gasteiger partial charge in [-0.15, -0.1) is 0 Å². The van der Waals surface area contributed by atoms with Gasteiger partial charge >= 0.3 is 0 Å². The molecule has 2 aromatic rings. The lowest BCUT2D eigenvalue weighted by Gasteiger charge is -2.53. The number of thiophene rings is 1. The van der Waals surface area contributed by atoms with Crippen molar-refractivity contribution in [3.05, 3.63) is 52.5 Å². The van der Waals surface area contributed by atoms with E-state index >= 15 is 0 Å². The molecule has 0 bridgehead atoms. The highest BCUT2D eigenvalue weighted by Gasteiger charge is 2.46. The van der Waals surface area contributed by atoms with Gasteiger partial charge in [-0.05, 0) is 59.8 Å². The first-order chi connectivity index (χ1) is 12.2. The first-order valence-electron chi connectivity index (χ1n) is 9.16. The molecular formula is C20H27N3OS. The molecule has 2 aliphatic heterocycles. The van der Waals surface area contributed by atoms with Gasteiger partial charge in [0.15, 0.2) is 0 Å². The van der Waals surface area contributed by atoms with E-state index in [-0.39, 0.29) is 5.60 Å². The fraction of sp³-hybridized carbons (Fsp3) is 0.550. The largest absolute Gasteiger partial charge is 0.372 e. The molecule has 1 spiro atoms. The van der Waals surface area contributed by atoms with Crippen LogP contribution in [0.2, 0.25) is 0 Å². The van der Waals surface area contributed by atoms with Crippen LogP contribution in [-0.2, 0) is 17.8 Å². The summed E-state index contributed by atoms with van der Waals surface area (Å²) in [4.78, 5) is 9.11. The molecule has 25 heavy (non-hydrogen) atoms. The van der Waals surface area contributed by atoms with Crippen molar-refractivity contribution in [2.45, 2.75) is 31.5 Å². The Bertz CT molecular complexity index is 645. The van der Waals surface area contributed by atoms with E-state index in [2.05, 4.69) is 44.7 Å². The third-order valence-corrected chi connectivity index (χ3v) is 6.12. The van der Waals surface area contributed by atoms with Gasteiger partial charge in [0.05, 0.1) is 12.2 Å². The molecule has 0 radical (unpaired) electrons. The molecule has 1 unspecified atom stereocenters. The average molecular weight is 358 g/mol. The molecule has 1 atom stereocenters. The molecule has 0 saturated carbocycles. The first-order valence-corrected chi connectivity index (χ1v) is 10.1. The Morgan fingerprint density at radius 2 is 2.28 bits per heavy atom. The molecule has 0 N–H and O–H groups in total. The van der Waals surface area contributed by atoms with Crippen LogP contribution in [0.4, 0.5) is 0 Å². The summed E-state index contributed by atoms with van der Waals surface area (Å²) in [6, 6.07) is 6.38. The standard InChI is InChI=1S/C20H27N3OS/c1-22(10-17-3-2-7-21-9-17)11-18-4-6-20(24-13-18)15-23(16-20)12-19-5-8-25-14-19/h2-3,5,7-9,14,18H,4,6,10-13,15-16H2,1H3. The third kappa shape index (κ3) is 4.29. The summed E-state index contributed by atoms with van der Waals surface area (Å²) < 4.78 is 6.34. The van der Waals surface area contributed by atoms with Gasteiger partial charge in [-0.3, -0.25) is 9.88 Å². The predicted octanol–water partition coefficient (Wildman–Crippen LogP) is 3.26. The highest BCUT2D eigenvalue weighted by Crippen LogP contribution is 2.37. The number of hydrogen-bond acceptors (Lipinski definition) is 5. The molecule has 2 aliphatic rings. The summed E-state index contributed by atoms with van der Waals surface area (Å²) in [7, 11) is 2.20. The second-order valence-electron chi connectivity index (χ2n) is 7.73. The Balaban J connectivity index is 1.19. The molecule has 134 valence electrons. The van der Waals surface area contributed by atoms with Crippen molar-refractivity contribution in [1.82, 2.24) is 14.8 Å². The molecule has 0 aliphatic carbocycles. The molecule has 2 saturated heterocycles. The average Bonchev–Trinajstić information content (AvgIpc) is 3.09. The smallest absolute Gasteiger partial charge is 0.0935 e. The number of pyridine rings is 1. The zero-order valence-corrected chi connectivity index (χ0v) is 15.8. The summed E-state index contributed by atoms with van der Waals surface area (Å²) in [5.74, 6) is 0.651. The predicted molar refractivity (Wildman–Crippen MR) is 102 cm³/mol. The molecule has 4 rings (SSSR count). The molecule has 4 heterocycles. The second kappa shape index (κ2) is 7.54. The maximum absolute atomic E-state index is 6.34. The van der Waals surface area contributed by atoms with Gasteiger partial charge < -0.3 is 9.64 Å². The second-order valence-corrected chi connectivity index (χ2v) is 8.51. The maximum Gasteiger partial charge on any atom is 0.0935 e. The SMILES string of the molecule is CN(Cc1cccnc1)CC1CCC2(CN(Cc3ccsc3)C2)OC1. The van der Waals surface area contributed by atoms with Gasteiger partial charge in [0, 0.05) is 45.1 Å². The summed E-state index contributed by atoms with van der Waals surface area (Å²) >= 11 is 1.78. The van der Waals surface area contributed by atoms with Crippen LogP contribution in [0.25, 0.3) is 0 Å². The van der Waals surface area contributed by atoms with Gasteiger partial charge in [0.25, 0.3) is 0 Å². The van der Waals surface area contributed by atoms with Crippen molar-refractivity contribution in [1.29, 1.82) is 0 Å². The first kappa shape index (κ1) is 17.2. The third-order valence-electron chi connectivity index (χ3n) is 5.39. The topological polar surface area (TPSA) is 28.6 Å². The van der Waals surface area contributed by atoms with Crippen LogP contribution in [0.15, 0.2) is 41.4 Å². The van der Waals surface area contributed by atoms with Gasteiger partial charge in [-0.25, -0.2) is 0 Å². The fourth-order valence-corrected chi connectivity index (χ4v) is 4.80. The lowest BCUT2D eigenvalue weighted by atomic mass is 9.82. The molecular weight excluding hydrogens is 330 g/mol. The van der Waals surface area contributed by atoms with E-state index < -0.39 is 0 Å². The molecule has 5 heteroatoms. The Labute approximate surface area is 154 Å². The van der Waals surface area contributed by atoms with Gasteiger partial charge in [0.1, 0.15) is 0 Å². The van der Waals surface area contributed by atoms with Crippen LogP contribution in [0.3, 0.4) is 0 Å². The molecule has 0 amide bonds. The normalized spacial score (nSPS) is 23.0. The molecule has 2 aromatic heterocycles. The molecule has 0 aromatic carbocycles. The van der Waals surface area contributed by atoms with E-state index in [0.717, 1.165) is 39.3 Å². The van der Waals surface area contributed by atoms with E-state index in [9.17, 15) is 0 Å². The van der Waals surface area contributed by atoms with Crippen molar-refractivity contribution in [2.24, 2.45) is 5.92 Å². The Kier molecular flexibility index (Phi) is 5.17. The van der Waals surface area contributed by atoms with Crippen LogP contribution >= 0.6 is 11.3 Å². The number of rotatable bonds is 6. The van der Waals surface area contributed by atoms with Crippen LogP contribution in [-0.4, -0.2) is 53.7 Å². The van der Waals surface area contributed by atoms with E-state index in [1.54, 1.807) is 11.3 Å². The van der Waals surface area contributed by atoms with Crippen molar-refractivity contribution in [2.75, 3.05) is 33.3 Å². The number of hydrogen-bond donors (Lipinski definition) is 0. The highest BCUT2D eigenvalue weighted by molar-refractivity contribution is 7.07. The lowest BCUT2D eigenvalue weighted by Crippen LogP contribution is -2.64. The fourth-order valence-electron chi connectivity index (χ4n) is 4.14. The zero-order chi connectivity index (χ0) is 17.1. The minimum absolute atomic E-state index is 0.147. The van der Waals surface area contributed by atoms with E-state index in [0.29, 0.717) is 5.92 Å². The van der Waals surface area contributed by atoms with E-state index in [4.69, 9.17) is 4.74 Å². The number of ether oxygens (including phenoxy) is 1. The minimum atomic E-state index is 0.147. The Hall–Kier alpha value is -1.27. The van der Waals surface area contributed by atoms with Gasteiger partial charge in [-0.1, -0.05) is 6.07 Å². The van der Waals surface area contributed by atoms with Crippen LogP contribution in [0.1, 0.15) is 24.0 Å². The lowest BCUT2D eigenvalue weighted by molar-refractivity contribution is -0.183. The van der Waals surface area contributed by atoms with Gasteiger partial charge in [-0.2, -0.15) is 11.3 Å². The van der Waals surface area contributed by atoms with Crippen molar-refractivity contribution in [3.63, 3.8) is 0 Å². The Morgan fingerprint density at radius 3 is 2.96 bits per heavy atom. The number of nitrogens with zero attached hydrogens (tertiary/aromatic N) is 3. The van der Waals surface area contributed by atoms with Gasteiger partial charge in [0.2, 0.25) is 0 Å². The highest BCUT2D eigenvalue weighted by atomic mass is 32.1. The molecule has 4 nitrogen and oxygen atoms in total. The molecule has 2 fully saturated rings. The van der Waals surface area contributed by atoms with E-state index in [1.807, 2.05) is 18.5 Å². The zero-order valence-electron chi connectivity index (χ0n) is 14.9. The monoisotopic (exact) mass is 357 g/mol. The van der Waals surface area contributed by atoms with Crippen LogP contribution in [0, 0.1) is 5.92 Å². The van der Waals surface area contributed by atoms with Crippen LogP contribution in [0.5, 0.6) is 0 Å². The summed E-state index contributed by atoms with van der Waals surface area (Å²) in [5, 5.41) is 4.41. The quantitative estimate of drug-likeness (QED) is 0.793. The maximum atomic E-state index is 6.34. The summed E-state index contributed by atoms with van der Waals surface area (Å²) in [6.07, 6.45) is 6.28. The summed E-state index contributed by atoms with van der Waals surface area (Å²) in [6.45, 7) is 6.24. The van der Waals surface area contributed by atoms with E-state index in [1.165, 1.54) is 24.0 Å².